The standard InChI is InChI=1S/C10H13F3N4/c1-6(15)8(11)5-17-7(4-14)3-9(16)10(2,12)13/h3-5,14,16H,15H2,1-2H3/b7-3+,8-6?,14-4?,16-9?,17-5?. The highest BCUT2D eigenvalue weighted by atomic mass is 19.3. The summed E-state index contributed by atoms with van der Waals surface area (Å²) in [5.74, 6) is -4.16. The van der Waals surface area contributed by atoms with Gasteiger partial charge in [-0.25, -0.2) is 4.39 Å². The van der Waals surface area contributed by atoms with Gasteiger partial charge in [0.2, 0.25) is 0 Å². The summed E-state index contributed by atoms with van der Waals surface area (Å²) in [6, 6.07) is 0. The first kappa shape index (κ1) is 15.1. The van der Waals surface area contributed by atoms with E-state index in [0.29, 0.717) is 25.4 Å². The SMILES string of the molecule is CC(N)=C(F)C=N/C(C=N)=C/C(=N)C(C)(F)F. The zero-order valence-electron chi connectivity index (χ0n) is 9.39. The Balaban J connectivity index is 5.01. The van der Waals surface area contributed by atoms with E-state index in [9.17, 15) is 13.2 Å². The molecule has 0 saturated carbocycles. The lowest BCUT2D eigenvalue weighted by atomic mass is 10.2. The fourth-order valence-electron chi connectivity index (χ4n) is 0.624. The third-order valence-corrected chi connectivity index (χ3v) is 1.62. The fourth-order valence-corrected chi connectivity index (χ4v) is 0.624. The summed E-state index contributed by atoms with van der Waals surface area (Å²) in [5, 5.41) is 13.9. The molecule has 0 aliphatic rings. The normalized spacial score (nSPS) is 14.8. The lowest BCUT2D eigenvalue weighted by Crippen LogP contribution is -2.21. The smallest absolute Gasteiger partial charge is 0.286 e. The Bertz CT molecular complexity index is 398. The van der Waals surface area contributed by atoms with Crippen molar-refractivity contribution in [1.29, 1.82) is 10.8 Å². The van der Waals surface area contributed by atoms with Crippen molar-refractivity contribution in [3.63, 3.8) is 0 Å². The van der Waals surface area contributed by atoms with E-state index in [-0.39, 0.29) is 11.4 Å². The van der Waals surface area contributed by atoms with E-state index in [0.717, 1.165) is 0 Å². The minimum absolute atomic E-state index is 0.117. The van der Waals surface area contributed by atoms with Crippen LogP contribution in [0.15, 0.2) is 28.3 Å². The second-order valence-corrected chi connectivity index (χ2v) is 3.30. The maximum atomic E-state index is 12.9. The minimum atomic E-state index is -3.33. The summed E-state index contributed by atoms with van der Waals surface area (Å²) >= 11 is 0. The van der Waals surface area contributed by atoms with E-state index in [2.05, 4.69) is 4.99 Å². The Hall–Kier alpha value is -1.92. The van der Waals surface area contributed by atoms with E-state index in [1.54, 1.807) is 0 Å². The zero-order chi connectivity index (χ0) is 13.6. The summed E-state index contributed by atoms with van der Waals surface area (Å²) in [4.78, 5) is 3.42. The molecule has 0 spiro atoms. The number of halogens is 3. The Morgan fingerprint density at radius 1 is 1.41 bits per heavy atom. The van der Waals surface area contributed by atoms with Gasteiger partial charge in [-0.1, -0.05) is 0 Å². The van der Waals surface area contributed by atoms with Crippen molar-refractivity contribution < 1.29 is 13.2 Å². The van der Waals surface area contributed by atoms with Gasteiger partial charge in [0.05, 0.1) is 11.9 Å². The van der Waals surface area contributed by atoms with Gasteiger partial charge < -0.3 is 11.1 Å². The number of aliphatic imine (C=N–C) groups is 1. The van der Waals surface area contributed by atoms with Crippen molar-refractivity contribution in [2.45, 2.75) is 19.8 Å². The largest absolute Gasteiger partial charge is 0.400 e. The predicted molar refractivity (Wildman–Crippen MR) is 61.7 cm³/mol. The first-order valence-electron chi connectivity index (χ1n) is 4.53. The first-order valence-corrected chi connectivity index (χ1v) is 4.53. The van der Waals surface area contributed by atoms with Crippen LogP contribution in [-0.2, 0) is 0 Å². The van der Waals surface area contributed by atoms with Crippen LogP contribution in [-0.4, -0.2) is 24.1 Å². The highest BCUT2D eigenvalue weighted by Gasteiger charge is 2.26. The average Bonchev–Trinajstić information content (AvgIpc) is 2.21. The topological polar surface area (TPSA) is 86.1 Å². The molecule has 0 atom stereocenters. The van der Waals surface area contributed by atoms with Crippen LogP contribution in [0.2, 0.25) is 0 Å². The maximum Gasteiger partial charge on any atom is 0.286 e. The Morgan fingerprint density at radius 3 is 2.29 bits per heavy atom. The van der Waals surface area contributed by atoms with Gasteiger partial charge in [0.15, 0.2) is 5.83 Å². The van der Waals surface area contributed by atoms with Gasteiger partial charge in [-0.2, -0.15) is 8.78 Å². The zero-order valence-corrected chi connectivity index (χ0v) is 9.39. The summed E-state index contributed by atoms with van der Waals surface area (Å²) in [7, 11) is 0. The van der Waals surface area contributed by atoms with Crippen molar-refractivity contribution >= 4 is 18.1 Å². The van der Waals surface area contributed by atoms with Crippen molar-refractivity contribution in [3.05, 3.63) is 23.3 Å². The first-order chi connectivity index (χ1) is 7.68. The number of hydrogen-bond donors (Lipinski definition) is 3. The molecule has 17 heavy (non-hydrogen) atoms. The van der Waals surface area contributed by atoms with Crippen molar-refractivity contribution in [2.75, 3.05) is 0 Å². The van der Waals surface area contributed by atoms with Crippen LogP contribution >= 0.6 is 0 Å². The molecule has 0 aromatic carbocycles. The molecular weight excluding hydrogens is 233 g/mol. The highest BCUT2D eigenvalue weighted by Crippen LogP contribution is 2.15. The summed E-state index contributed by atoms with van der Waals surface area (Å²) in [5.41, 5.74) is 3.71. The molecule has 0 aliphatic carbocycles. The van der Waals surface area contributed by atoms with Crippen molar-refractivity contribution in [3.8, 4) is 0 Å². The van der Waals surface area contributed by atoms with Crippen LogP contribution in [0.3, 0.4) is 0 Å². The van der Waals surface area contributed by atoms with E-state index >= 15 is 0 Å². The second kappa shape index (κ2) is 5.97. The minimum Gasteiger partial charge on any atom is -0.400 e. The molecule has 0 bridgehead atoms. The third-order valence-electron chi connectivity index (χ3n) is 1.62. The van der Waals surface area contributed by atoms with Crippen LogP contribution in [0.5, 0.6) is 0 Å². The summed E-state index contributed by atoms with van der Waals surface area (Å²) in [6.45, 7) is 1.85. The fraction of sp³-hybridized carbons (Fsp3) is 0.300. The lowest BCUT2D eigenvalue weighted by molar-refractivity contribution is 0.101. The van der Waals surface area contributed by atoms with Crippen LogP contribution in [0.4, 0.5) is 13.2 Å². The number of alkyl halides is 2. The molecule has 0 fully saturated rings. The van der Waals surface area contributed by atoms with E-state index in [4.69, 9.17) is 16.6 Å². The number of rotatable bonds is 5. The van der Waals surface area contributed by atoms with Crippen LogP contribution in [0, 0.1) is 10.8 Å². The maximum absolute atomic E-state index is 12.9. The Kier molecular flexibility index (Phi) is 5.30. The van der Waals surface area contributed by atoms with E-state index in [1.165, 1.54) is 6.92 Å². The average molecular weight is 246 g/mol. The van der Waals surface area contributed by atoms with Gasteiger partial charge in [-0.15, -0.1) is 0 Å². The quantitative estimate of drug-likeness (QED) is 0.639. The molecule has 0 rings (SSSR count). The molecule has 0 aliphatic heterocycles. The highest BCUT2D eigenvalue weighted by molar-refractivity contribution is 6.02. The van der Waals surface area contributed by atoms with E-state index in [1.807, 2.05) is 0 Å². The van der Waals surface area contributed by atoms with Gasteiger partial charge >= 0.3 is 0 Å². The number of allylic oxidation sites excluding steroid dienone is 4. The van der Waals surface area contributed by atoms with Crippen LogP contribution < -0.4 is 5.73 Å². The van der Waals surface area contributed by atoms with E-state index < -0.39 is 17.5 Å². The third kappa shape index (κ3) is 5.64. The lowest BCUT2D eigenvalue weighted by Gasteiger charge is -2.07. The van der Waals surface area contributed by atoms with Gasteiger partial charge in [-0.05, 0) is 13.0 Å². The Labute approximate surface area is 96.7 Å². The van der Waals surface area contributed by atoms with Crippen molar-refractivity contribution in [2.24, 2.45) is 10.7 Å². The van der Waals surface area contributed by atoms with Gasteiger partial charge in [0, 0.05) is 18.8 Å². The molecule has 0 heterocycles. The molecule has 94 valence electrons. The molecular formula is C10H13F3N4. The van der Waals surface area contributed by atoms with Gasteiger partial charge in [0.1, 0.15) is 5.71 Å². The molecule has 0 aromatic rings. The molecule has 7 heteroatoms. The second-order valence-electron chi connectivity index (χ2n) is 3.30. The summed E-state index contributed by atoms with van der Waals surface area (Å²) < 4.78 is 38.2. The Morgan fingerprint density at radius 2 is 1.94 bits per heavy atom. The number of hydrogen-bond acceptors (Lipinski definition) is 4. The summed E-state index contributed by atoms with van der Waals surface area (Å²) in [6.07, 6.45) is 2.02. The van der Waals surface area contributed by atoms with Crippen LogP contribution in [0.25, 0.3) is 0 Å². The predicted octanol–water partition coefficient (Wildman–Crippen LogP) is 2.43. The van der Waals surface area contributed by atoms with Crippen molar-refractivity contribution in [1.82, 2.24) is 0 Å². The van der Waals surface area contributed by atoms with Gasteiger partial charge in [-0.3, -0.25) is 10.4 Å². The monoisotopic (exact) mass is 246 g/mol. The molecule has 0 saturated heterocycles. The molecule has 4 nitrogen and oxygen atoms in total. The van der Waals surface area contributed by atoms with Gasteiger partial charge in [0.25, 0.3) is 5.92 Å². The molecule has 0 amide bonds. The molecule has 0 aromatic heterocycles. The molecule has 0 unspecified atom stereocenters. The molecule has 0 radical (unpaired) electrons. The number of nitrogens with two attached hydrogens (primary N) is 1. The number of nitrogens with zero attached hydrogens (tertiary/aromatic N) is 1. The number of nitrogens with one attached hydrogen (secondary N) is 2. The molecule has 4 N–H and O–H groups in total. The van der Waals surface area contributed by atoms with Crippen LogP contribution in [0.1, 0.15) is 13.8 Å².